The van der Waals surface area contributed by atoms with Crippen molar-refractivity contribution in [2.75, 3.05) is 57.7 Å². The molecule has 8 heteroatoms. The van der Waals surface area contributed by atoms with Crippen LogP contribution in [0.2, 0.25) is 0 Å². The lowest BCUT2D eigenvalue weighted by molar-refractivity contribution is 0.102. The Kier molecular flexibility index (Phi) is 6.39. The molecule has 4 rings (SSSR count). The lowest BCUT2D eigenvalue weighted by atomic mass is 10.1. The molecule has 0 atom stereocenters. The van der Waals surface area contributed by atoms with Crippen molar-refractivity contribution in [1.82, 2.24) is 9.88 Å². The molecule has 162 valence electrons. The predicted molar refractivity (Wildman–Crippen MR) is 125 cm³/mol. The van der Waals surface area contributed by atoms with E-state index >= 15 is 0 Å². The first kappa shape index (κ1) is 21.1. The monoisotopic (exact) mass is 438 g/mol. The van der Waals surface area contributed by atoms with Gasteiger partial charge in [-0.2, -0.15) is 0 Å². The molecule has 7 nitrogen and oxygen atoms in total. The third kappa shape index (κ3) is 4.81. The zero-order valence-electron chi connectivity index (χ0n) is 17.9. The summed E-state index contributed by atoms with van der Waals surface area (Å²) < 4.78 is 10.6. The van der Waals surface area contributed by atoms with E-state index in [4.69, 9.17) is 14.5 Å². The van der Waals surface area contributed by atoms with Gasteiger partial charge in [0.05, 0.1) is 14.2 Å². The summed E-state index contributed by atoms with van der Waals surface area (Å²) in [6.07, 6.45) is 0. The number of likely N-dealkylation sites (N-methyl/N-ethyl adjacent to an activating group) is 1. The molecular weight excluding hydrogens is 412 g/mol. The van der Waals surface area contributed by atoms with Gasteiger partial charge in [0.1, 0.15) is 22.2 Å². The van der Waals surface area contributed by atoms with Crippen LogP contribution in [0.25, 0.3) is 11.3 Å². The third-order valence-corrected chi connectivity index (χ3v) is 6.31. The van der Waals surface area contributed by atoms with Gasteiger partial charge in [-0.25, -0.2) is 4.98 Å². The average molecular weight is 439 g/mol. The molecular formula is C23H26N4O3S. The third-order valence-electron chi connectivity index (χ3n) is 5.28. The van der Waals surface area contributed by atoms with E-state index in [-0.39, 0.29) is 5.91 Å². The number of nitrogens with one attached hydrogen (secondary N) is 1. The van der Waals surface area contributed by atoms with Crippen molar-refractivity contribution in [2.45, 2.75) is 0 Å². The second-order valence-corrected chi connectivity index (χ2v) is 8.36. The maximum atomic E-state index is 13.0. The number of hydrogen-bond donors (Lipinski definition) is 1. The van der Waals surface area contributed by atoms with E-state index in [1.807, 2.05) is 30.3 Å². The van der Waals surface area contributed by atoms with Crippen molar-refractivity contribution in [2.24, 2.45) is 0 Å². The molecule has 3 aromatic rings. The number of carbonyl (C=O) groups excluding carboxylic acids is 1. The van der Waals surface area contributed by atoms with Gasteiger partial charge in [-0.05, 0) is 19.2 Å². The van der Waals surface area contributed by atoms with E-state index in [0.29, 0.717) is 22.2 Å². The number of piperazine rings is 1. The zero-order chi connectivity index (χ0) is 21.8. The van der Waals surface area contributed by atoms with E-state index in [9.17, 15) is 4.79 Å². The SMILES string of the molecule is COc1cc(OC)cc(C(=O)Nc2nc(-c3ccccc3)c(N3CCN(C)CC3)s2)c1. The molecule has 1 saturated heterocycles. The maximum Gasteiger partial charge on any atom is 0.257 e. The second kappa shape index (κ2) is 9.36. The highest BCUT2D eigenvalue weighted by Crippen LogP contribution is 2.39. The van der Waals surface area contributed by atoms with Crippen LogP contribution in [0.4, 0.5) is 10.1 Å². The van der Waals surface area contributed by atoms with E-state index in [0.717, 1.165) is 42.4 Å². The summed E-state index contributed by atoms with van der Waals surface area (Å²) in [5.41, 5.74) is 2.39. The smallest absolute Gasteiger partial charge is 0.257 e. The van der Waals surface area contributed by atoms with Gasteiger partial charge in [-0.3, -0.25) is 10.1 Å². The Balaban J connectivity index is 1.64. The molecule has 0 unspecified atom stereocenters. The van der Waals surface area contributed by atoms with Crippen molar-refractivity contribution < 1.29 is 14.3 Å². The highest BCUT2D eigenvalue weighted by Gasteiger charge is 2.23. The Morgan fingerprint density at radius 3 is 2.26 bits per heavy atom. The molecule has 1 aliphatic heterocycles. The fourth-order valence-corrected chi connectivity index (χ4v) is 4.52. The van der Waals surface area contributed by atoms with E-state index in [2.05, 4.69) is 22.2 Å². The molecule has 2 heterocycles. The second-order valence-electron chi connectivity index (χ2n) is 7.38. The van der Waals surface area contributed by atoms with Crippen LogP contribution in [0.15, 0.2) is 48.5 Å². The first-order valence-corrected chi connectivity index (χ1v) is 10.9. The first-order chi connectivity index (χ1) is 15.1. The number of benzene rings is 2. The van der Waals surface area contributed by atoms with Crippen molar-refractivity contribution in [3.05, 3.63) is 54.1 Å². The fraction of sp³-hybridized carbons (Fsp3) is 0.304. The van der Waals surface area contributed by atoms with Crippen molar-refractivity contribution in [3.63, 3.8) is 0 Å². The summed E-state index contributed by atoms with van der Waals surface area (Å²) in [6.45, 7) is 3.85. The lowest BCUT2D eigenvalue weighted by Crippen LogP contribution is -2.44. The van der Waals surface area contributed by atoms with Gasteiger partial charge in [0.25, 0.3) is 5.91 Å². The number of aromatic nitrogens is 1. The quantitative estimate of drug-likeness (QED) is 0.631. The van der Waals surface area contributed by atoms with Crippen LogP contribution in [0, 0.1) is 0 Å². The minimum atomic E-state index is -0.254. The van der Waals surface area contributed by atoms with Crippen LogP contribution >= 0.6 is 11.3 Å². The van der Waals surface area contributed by atoms with Gasteiger partial charge in [0.2, 0.25) is 0 Å². The average Bonchev–Trinajstić information content (AvgIpc) is 3.23. The minimum absolute atomic E-state index is 0.254. The van der Waals surface area contributed by atoms with E-state index < -0.39 is 0 Å². The molecule has 31 heavy (non-hydrogen) atoms. The molecule has 1 amide bonds. The van der Waals surface area contributed by atoms with Gasteiger partial charge in [-0.1, -0.05) is 41.7 Å². The molecule has 0 radical (unpaired) electrons. The summed E-state index contributed by atoms with van der Waals surface area (Å²) in [4.78, 5) is 22.4. The Bertz CT molecular complexity index is 1020. The Morgan fingerprint density at radius 2 is 1.65 bits per heavy atom. The molecule has 1 fully saturated rings. The van der Waals surface area contributed by atoms with Crippen molar-refractivity contribution in [3.8, 4) is 22.8 Å². The van der Waals surface area contributed by atoms with Crippen molar-refractivity contribution >= 4 is 27.4 Å². The minimum Gasteiger partial charge on any atom is -0.497 e. The van der Waals surface area contributed by atoms with Gasteiger partial charge in [0, 0.05) is 43.4 Å². The maximum absolute atomic E-state index is 13.0. The fourth-order valence-electron chi connectivity index (χ4n) is 3.48. The normalized spacial score (nSPS) is 14.4. The van der Waals surface area contributed by atoms with Gasteiger partial charge >= 0.3 is 0 Å². The molecule has 0 spiro atoms. The largest absolute Gasteiger partial charge is 0.497 e. The number of anilines is 2. The van der Waals surface area contributed by atoms with Gasteiger partial charge in [-0.15, -0.1) is 0 Å². The topological polar surface area (TPSA) is 66.9 Å². The molecule has 1 N–H and O–H groups in total. The number of methoxy groups -OCH3 is 2. The molecule has 0 aliphatic carbocycles. The summed E-state index contributed by atoms with van der Waals surface area (Å²) in [5, 5.41) is 4.61. The highest BCUT2D eigenvalue weighted by atomic mass is 32.1. The Hall–Kier alpha value is -3.10. The number of hydrogen-bond acceptors (Lipinski definition) is 7. The summed E-state index contributed by atoms with van der Waals surface area (Å²) >= 11 is 1.51. The standard InChI is InChI=1S/C23H26N4O3S/c1-26-9-11-27(12-10-26)22-20(16-7-5-4-6-8-16)24-23(31-22)25-21(28)17-13-18(29-2)15-19(14-17)30-3/h4-8,13-15H,9-12H2,1-3H3,(H,24,25,28). The zero-order valence-corrected chi connectivity index (χ0v) is 18.7. The van der Waals surface area contributed by atoms with Crippen LogP contribution in [-0.4, -0.2) is 63.2 Å². The predicted octanol–water partition coefficient (Wildman–Crippen LogP) is 3.83. The molecule has 2 aromatic carbocycles. The van der Waals surface area contributed by atoms with Crippen LogP contribution in [-0.2, 0) is 0 Å². The molecule has 0 saturated carbocycles. The number of rotatable bonds is 6. The lowest BCUT2D eigenvalue weighted by Gasteiger charge is -2.33. The number of thiazole rings is 1. The molecule has 1 aliphatic rings. The number of nitrogens with zero attached hydrogens (tertiary/aromatic N) is 3. The van der Waals surface area contributed by atoms with Gasteiger partial charge < -0.3 is 19.3 Å². The van der Waals surface area contributed by atoms with Crippen molar-refractivity contribution in [1.29, 1.82) is 0 Å². The summed E-state index contributed by atoms with van der Waals surface area (Å²) in [5.74, 6) is 0.869. The number of ether oxygens (including phenoxy) is 2. The van der Waals surface area contributed by atoms with Gasteiger partial charge in [0.15, 0.2) is 5.13 Å². The van der Waals surface area contributed by atoms with E-state index in [1.165, 1.54) is 11.3 Å². The van der Waals surface area contributed by atoms with Crippen LogP contribution in [0.5, 0.6) is 11.5 Å². The van der Waals surface area contributed by atoms with Crippen LogP contribution in [0.1, 0.15) is 10.4 Å². The van der Waals surface area contributed by atoms with Crippen LogP contribution in [0.3, 0.4) is 0 Å². The highest BCUT2D eigenvalue weighted by molar-refractivity contribution is 7.20. The Morgan fingerprint density at radius 1 is 1.00 bits per heavy atom. The molecule has 1 aromatic heterocycles. The summed E-state index contributed by atoms with van der Waals surface area (Å²) in [6, 6.07) is 15.2. The number of amides is 1. The molecule has 0 bridgehead atoms. The summed E-state index contributed by atoms with van der Waals surface area (Å²) in [7, 11) is 5.26. The van der Waals surface area contributed by atoms with Crippen LogP contribution < -0.4 is 19.7 Å². The Labute approximate surface area is 186 Å². The number of carbonyl (C=O) groups is 1. The van der Waals surface area contributed by atoms with E-state index in [1.54, 1.807) is 32.4 Å². The first-order valence-electron chi connectivity index (χ1n) is 10.1.